The third kappa shape index (κ3) is 1.50. The van der Waals surface area contributed by atoms with Crippen molar-refractivity contribution in [1.82, 2.24) is 15.3 Å². The van der Waals surface area contributed by atoms with Crippen LogP contribution in [0.3, 0.4) is 0 Å². The highest BCUT2D eigenvalue weighted by molar-refractivity contribution is 5.95. The number of aromatic nitrogens is 2. The van der Waals surface area contributed by atoms with Crippen molar-refractivity contribution in [2.75, 3.05) is 7.05 Å². The molecule has 1 amide bonds. The highest BCUT2D eigenvalue weighted by Gasteiger charge is 2.09. The minimum Gasteiger partial charge on any atom is -0.354 e. The number of amides is 1. The maximum Gasteiger partial charge on any atom is 0.267 e. The summed E-state index contributed by atoms with van der Waals surface area (Å²) < 4.78 is 0. The van der Waals surface area contributed by atoms with Crippen LogP contribution in [0.5, 0.6) is 0 Å². The molecule has 82 valence electrons. The zero-order valence-corrected chi connectivity index (χ0v) is 8.46. The van der Waals surface area contributed by atoms with E-state index in [0.29, 0.717) is 5.39 Å². The van der Waals surface area contributed by atoms with Gasteiger partial charge in [-0.25, -0.2) is 0 Å². The smallest absolute Gasteiger partial charge is 0.267 e. The van der Waals surface area contributed by atoms with E-state index in [9.17, 15) is 14.4 Å². The fourth-order valence-electron chi connectivity index (χ4n) is 1.48. The third-order valence-electron chi connectivity index (χ3n) is 2.24. The number of aromatic amines is 2. The molecule has 0 saturated carbocycles. The van der Waals surface area contributed by atoms with Crippen molar-refractivity contribution < 1.29 is 4.79 Å². The van der Waals surface area contributed by atoms with E-state index >= 15 is 0 Å². The molecule has 0 aliphatic heterocycles. The summed E-state index contributed by atoms with van der Waals surface area (Å²) in [6.07, 6.45) is 1.43. The molecule has 2 rings (SSSR count). The van der Waals surface area contributed by atoms with E-state index in [4.69, 9.17) is 0 Å². The molecular weight excluding hydrogens is 210 g/mol. The molecule has 3 N–H and O–H groups in total. The topological polar surface area (TPSA) is 94.8 Å². The van der Waals surface area contributed by atoms with Gasteiger partial charge in [-0.1, -0.05) is 0 Å². The zero-order chi connectivity index (χ0) is 11.7. The van der Waals surface area contributed by atoms with Crippen LogP contribution >= 0.6 is 0 Å². The van der Waals surface area contributed by atoms with Crippen molar-refractivity contribution in [3.8, 4) is 0 Å². The summed E-state index contributed by atoms with van der Waals surface area (Å²) in [5.74, 6) is -0.403. The largest absolute Gasteiger partial charge is 0.354 e. The van der Waals surface area contributed by atoms with E-state index in [-0.39, 0.29) is 11.1 Å². The Kier molecular flexibility index (Phi) is 2.32. The quantitative estimate of drug-likeness (QED) is 0.607. The molecule has 2 aromatic rings. The van der Waals surface area contributed by atoms with Crippen LogP contribution in [0.25, 0.3) is 10.8 Å². The molecular formula is C10H9N3O3. The van der Waals surface area contributed by atoms with Gasteiger partial charge in [-0.05, 0) is 17.5 Å². The van der Waals surface area contributed by atoms with Crippen molar-refractivity contribution in [2.45, 2.75) is 0 Å². The predicted octanol–water partition coefficient (Wildman–Crippen LogP) is -0.424. The molecule has 0 unspecified atom stereocenters. The molecule has 6 heteroatoms. The summed E-state index contributed by atoms with van der Waals surface area (Å²) in [4.78, 5) is 39.0. The lowest BCUT2D eigenvalue weighted by Gasteiger charge is -2.01. The number of hydrogen-bond donors (Lipinski definition) is 3. The Morgan fingerprint density at radius 1 is 1.31 bits per heavy atom. The van der Waals surface area contributed by atoms with Gasteiger partial charge in [0, 0.05) is 13.2 Å². The Bertz CT molecular complexity index is 669. The van der Waals surface area contributed by atoms with Gasteiger partial charge >= 0.3 is 0 Å². The summed E-state index contributed by atoms with van der Waals surface area (Å²) in [7, 11) is 1.46. The van der Waals surface area contributed by atoms with Gasteiger partial charge in [0.15, 0.2) is 0 Å². The maximum absolute atomic E-state index is 11.6. The van der Waals surface area contributed by atoms with Gasteiger partial charge in [-0.2, -0.15) is 0 Å². The number of hydrogen-bond acceptors (Lipinski definition) is 3. The molecule has 0 spiro atoms. The molecule has 2 aromatic heterocycles. The fraction of sp³-hybridized carbons (Fsp3) is 0.100. The second-order valence-corrected chi connectivity index (χ2v) is 3.23. The van der Waals surface area contributed by atoms with Gasteiger partial charge < -0.3 is 15.3 Å². The molecule has 0 atom stereocenters. The van der Waals surface area contributed by atoms with E-state index in [1.54, 1.807) is 6.07 Å². The van der Waals surface area contributed by atoms with Crippen LogP contribution in [-0.2, 0) is 0 Å². The second-order valence-electron chi connectivity index (χ2n) is 3.23. The second kappa shape index (κ2) is 3.65. The molecule has 0 aromatic carbocycles. The Morgan fingerprint density at radius 2 is 2.06 bits per heavy atom. The summed E-state index contributed by atoms with van der Waals surface area (Å²) in [6.45, 7) is 0. The number of nitrogens with one attached hydrogen (secondary N) is 3. The number of rotatable bonds is 1. The van der Waals surface area contributed by atoms with Crippen molar-refractivity contribution in [3.05, 3.63) is 44.7 Å². The van der Waals surface area contributed by atoms with E-state index in [0.717, 1.165) is 0 Å². The van der Waals surface area contributed by atoms with Crippen LogP contribution in [-0.4, -0.2) is 22.9 Å². The van der Waals surface area contributed by atoms with Crippen LogP contribution in [0.2, 0.25) is 0 Å². The molecule has 6 nitrogen and oxygen atoms in total. The zero-order valence-electron chi connectivity index (χ0n) is 8.46. The number of fused-ring (bicyclic) bond motifs is 1. The van der Waals surface area contributed by atoms with Gasteiger partial charge in [0.05, 0.1) is 0 Å². The lowest BCUT2D eigenvalue weighted by Crippen LogP contribution is -2.25. The maximum atomic E-state index is 11.6. The lowest BCUT2D eigenvalue weighted by atomic mass is 10.2. The number of carbonyl (C=O) groups excluding carboxylic acids is 1. The number of carbonyl (C=O) groups is 1. The van der Waals surface area contributed by atoms with Crippen molar-refractivity contribution in [2.24, 2.45) is 0 Å². The van der Waals surface area contributed by atoms with Crippen LogP contribution in [0.15, 0.2) is 27.9 Å². The first-order valence-corrected chi connectivity index (χ1v) is 4.60. The third-order valence-corrected chi connectivity index (χ3v) is 2.24. The van der Waals surface area contributed by atoms with Crippen molar-refractivity contribution in [1.29, 1.82) is 0 Å². The van der Waals surface area contributed by atoms with E-state index in [2.05, 4.69) is 15.3 Å². The average Bonchev–Trinajstić information content (AvgIpc) is 2.27. The summed E-state index contributed by atoms with van der Waals surface area (Å²) in [5.41, 5.74) is -0.911. The molecule has 0 saturated heterocycles. The highest BCUT2D eigenvalue weighted by atomic mass is 16.2. The fourth-order valence-corrected chi connectivity index (χ4v) is 1.48. The number of H-pyrrole nitrogens is 2. The van der Waals surface area contributed by atoms with Crippen LogP contribution in [0, 0.1) is 0 Å². The molecule has 0 fully saturated rings. The van der Waals surface area contributed by atoms with E-state index in [1.807, 2.05) is 0 Å². The van der Waals surface area contributed by atoms with Crippen molar-refractivity contribution in [3.63, 3.8) is 0 Å². The average molecular weight is 219 g/mol. The Hall–Kier alpha value is -2.37. The van der Waals surface area contributed by atoms with Gasteiger partial charge in [0.1, 0.15) is 11.1 Å². The predicted molar refractivity (Wildman–Crippen MR) is 58.6 cm³/mol. The first kappa shape index (κ1) is 10.2. The van der Waals surface area contributed by atoms with Gasteiger partial charge in [-0.15, -0.1) is 0 Å². The molecule has 0 bridgehead atoms. The Labute approximate surface area is 89.3 Å². The monoisotopic (exact) mass is 219 g/mol. The lowest BCUT2D eigenvalue weighted by molar-refractivity contribution is 0.0958. The van der Waals surface area contributed by atoms with E-state index in [1.165, 1.54) is 19.3 Å². The van der Waals surface area contributed by atoms with Crippen molar-refractivity contribution >= 4 is 16.7 Å². The molecule has 0 radical (unpaired) electrons. The van der Waals surface area contributed by atoms with Crippen LogP contribution < -0.4 is 16.4 Å². The van der Waals surface area contributed by atoms with Crippen LogP contribution in [0.4, 0.5) is 0 Å². The Balaban J connectivity index is 2.84. The molecule has 0 aliphatic rings. The normalized spacial score (nSPS) is 10.3. The summed E-state index contributed by atoms with van der Waals surface area (Å²) in [5, 5.41) is 2.85. The van der Waals surface area contributed by atoms with Gasteiger partial charge in [0.2, 0.25) is 0 Å². The first-order valence-electron chi connectivity index (χ1n) is 4.60. The molecule has 0 aliphatic carbocycles. The standard InChI is InChI=1S/C10H9N3O3/c1-11-8(14)6-4-5-2-3-12-9(15)7(5)10(16)13-6/h2-4H,1H3,(H,11,14)(H,12,15)(H,13,16). The van der Waals surface area contributed by atoms with Gasteiger partial charge in [-0.3, -0.25) is 14.4 Å². The molecule has 16 heavy (non-hydrogen) atoms. The highest BCUT2D eigenvalue weighted by Crippen LogP contribution is 2.04. The minimum atomic E-state index is -0.571. The number of pyridine rings is 2. The van der Waals surface area contributed by atoms with Gasteiger partial charge in [0.25, 0.3) is 17.0 Å². The first-order chi connectivity index (χ1) is 7.63. The minimum absolute atomic E-state index is 0.0233. The molecule has 2 heterocycles. The summed E-state index contributed by atoms with van der Waals surface area (Å²) in [6, 6.07) is 3.03. The Morgan fingerprint density at radius 3 is 2.75 bits per heavy atom. The summed E-state index contributed by atoms with van der Waals surface area (Å²) >= 11 is 0. The SMILES string of the molecule is CNC(=O)c1cc2cc[nH]c(=O)c2c(=O)[nH]1. The van der Waals surface area contributed by atoms with Crippen LogP contribution in [0.1, 0.15) is 10.5 Å². The van der Waals surface area contributed by atoms with E-state index < -0.39 is 17.0 Å².